The van der Waals surface area contributed by atoms with Gasteiger partial charge in [0.2, 0.25) is 0 Å². The van der Waals surface area contributed by atoms with Crippen molar-refractivity contribution in [1.29, 1.82) is 0 Å². The number of aromatic amines is 1. The van der Waals surface area contributed by atoms with E-state index in [1.807, 2.05) is 44.4 Å². The van der Waals surface area contributed by atoms with Crippen LogP contribution in [0.5, 0.6) is 5.75 Å². The largest absolute Gasteiger partial charge is 0.494 e. The molecule has 164 valence electrons. The number of carbonyl (C=O) groups excluding carboxylic acids is 1. The predicted molar refractivity (Wildman–Crippen MR) is 125 cm³/mol. The number of methoxy groups -OCH3 is 1. The predicted octanol–water partition coefficient (Wildman–Crippen LogP) is 3.24. The number of pyridine rings is 1. The van der Waals surface area contributed by atoms with Crippen molar-refractivity contribution in [3.8, 4) is 11.6 Å². The minimum atomic E-state index is -0.505. The maximum Gasteiger partial charge on any atom is 0.275 e. The highest BCUT2D eigenvalue weighted by atomic mass is 32.2. The van der Waals surface area contributed by atoms with Gasteiger partial charge in [0.1, 0.15) is 28.6 Å². The van der Waals surface area contributed by atoms with Crippen LogP contribution in [-0.2, 0) is 5.75 Å². The zero-order valence-electron chi connectivity index (χ0n) is 18.1. The number of aromatic nitrogens is 5. The molecule has 0 aliphatic heterocycles. The summed E-state index contributed by atoms with van der Waals surface area (Å²) in [6.45, 7) is 3.80. The van der Waals surface area contributed by atoms with Gasteiger partial charge in [-0.1, -0.05) is 12.1 Å². The van der Waals surface area contributed by atoms with E-state index < -0.39 is 5.91 Å². The number of thioether (sulfide) groups is 1. The fraction of sp³-hybridized carbons (Fsp3) is 0.227. The van der Waals surface area contributed by atoms with Crippen LogP contribution in [-0.4, -0.2) is 44.0 Å². The van der Waals surface area contributed by atoms with Gasteiger partial charge < -0.3 is 15.0 Å². The van der Waals surface area contributed by atoms with Gasteiger partial charge in [0, 0.05) is 17.5 Å². The monoisotopic (exact) mass is 450 g/mol. The van der Waals surface area contributed by atoms with Gasteiger partial charge in [-0.3, -0.25) is 9.59 Å². The Morgan fingerprint density at radius 3 is 2.78 bits per heavy atom. The first-order chi connectivity index (χ1) is 15.4. The van der Waals surface area contributed by atoms with Crippen LogP contribution in [0.1, 0.15) is 27.6 Å². The molecule has 0 fully saturated rings. The summed E-state index contributed by atoms with van der Waals surface area (Å²) in [6, 6.07) is 10.5. The van der Waals surface area contributed by atoms with E-state index in [0.717, 1.165) is 10.9 Å². The third kappa shape index (κ3) is 4.22. The highest BCUT2D eigenvalue weighted by Gasteiger charge is 2.17. The average molecular weight is 451 g/mol. The van der Waals surface area contributed by atoms with Gasteiger partial charge >= 0.3 is 0 Å². The molecule has 0 saturated carbocycles. The summed E-state index contributed by atoms with van der Waals surface area (Å²) < 4.78 is 7.03. The topological polar surface area (TPSA) is 115 Å². The summed E-state index contributed by atoms with van der Waals surface area (Å²) in [7, 11) is 1.60. The van der Waals surface area contributed by atoms with E-state index in [1.165, 1.54) is 17.8 Å². The average Bonchev–Trinajstić information content (AvgIpc) is 3.13. The van der Waals surface area contributed by atoms with Gasteiger partial charge in [0.25, 0.3) is 11.5 Å². The molecule has 2 N–H and O–H groups in total. The summed E-state index contributed by atoms with van der Waals surface area (Å²) in [5.74, 6) is 2.03. The summed E-state index contributed by atoms with van der Waals surface area (Å²) in [5, 5.41) is 8.28. The number of ether oxygens (including phenoxy) is 1. The lowest BCUT2D eigenvalue weighted by Crippen LogP contribution is -2.21. The molecule has 3 heterocycles. The second-order valence-electron chi connectivity index (χ2n) is 7.20. The lowest BCUT2D eigenvalue weighted by atomic mass is 10.1. The van der Waals surface area contributed by atoms with Gasteiger partial charge in [0.05, 0.1) is 18.6 Å². The third-order valence-electron chi connectivity index (χ3n) is 4.81. The minimum absolute atomic E-state index is 0.0347. The molecule has 4 aromatic rings. The summed E-state index contributed by atoms with van der Waals surface area (Å²) in [6.07, 6.45) is 1.89. The Labute approximate surface area is 188 Å². The molecule has 0 aliphatic carbocycles. The van der Waals surface area contributed by atoms with Crippen LogP contribution < -0.4 is 15.6 Å². The van der Waals surface area contributed by atoms with E-state index in [4.69, 9.17) is 9.72 Å². The summed E-state index contributed by atoms with van der Waals surface area (Å²) >= 11 is 1.50. The molecule has 3 aromatic heterocycles. The Bertz CT molecular complexity index is 1380. The summed E-state index contributed by atoms with van der Waals surface area (Å²) in [4.78, 5) is 36.4. The van der Waals surface area contributed by atoms with Crippen molar-refractivity contribution < 1.29 is 9.53 Å². The lowest BCUT2D eigenvalue weighted by Gasteiger charge is -2.12. The van der Waals surface area contributed by atoms with Crippen molar-refractivity contribution >= 4 is 34.4 Å². The quantitative estimate of drug-likeness (QED) is 0.463. The number of para-hydroxylation sites is 1. The standard InChI is InChI=1S/C22H22N6O3S/c1-12-8-18(25-21-14(12)6-5-7-16(21)31-3)28-19(9-13(2)27-28)26-22(30)15-10-20(29)24-17(23-15)11-32-4/h5-10H,11H2,1-4H3,(H,26,30)(H,23,24,29). The van der Waals surface area contributed by atoms with Crippen molar-refractivity contribution in [1.82, 2.24) is 24.7 Å². The zero-order valence-corrected chi connectivity index (χ0v) is 18.9. The molecular formula is C22H22N6O3S. The van der Waals surface area contributed by atoms with Crippen LogP contribution in [0.15, 0.2) is 41.2 Å². The van der Waals surface area contributed by atoms with Crippen LogP contribution in [0.4, 0.5) is 5.82 Å². The Balaban J connectivity index is 1.74. The maximum absolute atomic E-state index is 12.9. The first-order valence-corrected chi connectivity index (χ1v) is 11.2. The second kappa shape index (κ2) is 8.83. The van der Waals surface area contributed by atoms with Crippen molar-refractivity contribution in [2.45, 2.75) is 19.6 Å². The molecule has 0 bridgehead atoms. The van der Waals surface area contributed by atoms with Crippen LogP contribution in [0.25, 0.3) is 16.7 Å². The van der Waals surface area contributed by atoms with Crippen LogP contribution in [0.3, 0.4) is 0 Å². The fourth-order valence-corrected chi connectivity index (χ4v) is 3.83. The van der Waals surface area contributed by atoms with Gasteiger partial charge in [-0.25, -0.2) is 9.97 Å². The third-order valence-corrected chi connectivity index (χ3v) is 5.37. The van der Waals surface area contributed by atoms with Crippen molar-refractivity contribution in [2.24, 2.45) is 0 Å². The van der Waals surface area contributed by atoms with Gasteiger partial charge in [-0.05, 0) is 37.8 Å². The van der Waals surface area contributed by atoms with Crippen molar-refractivity contribution in [3.63, 3.8) is 0 Å². The van der Waals surface area contributed by atoms with Crippen LogP contribution in [0, 0.1) is 13.8 Å². The minimum Gasteiger partial charge on any atom is -0.494 e. The number of aryl methyl sites for hydroxylation is 2. The van der Waals surface area contributed by atoms with Crippen molar-refractivity contribution in [3.05, 3.63) is 69.5 Å². The number of benzene rings is 1. The molecule has 32 heavy (non-hydrogen) atoms. The van der Waals surface area contributed by atoms with E-state index in [-0.39, 0.29) is 11.3 Å². The van der Waals surface area contributed by atoms with Gasteiger partial charge in [-0.2, -0.15) is 21.5 Å². The Kier molecular flexibility index (Phi) is 5.95. The molecule has 0 aliphatic rings. The van der Waals surface area contributed by atoms with E-state index in [2.05, 4.69) is 20.4 Å². The molecule has 10 heteroatoms. The van der Waals surface area contributed by atoms with E-state index in [9.17, 15) is 9.59 Å². The molecule has 0 spiro atoms. The van der Waals surface area contributed by atoms with Crippen molar-refractivity contribution in [2.75, 3.05) is 18.7 Å². The van der Waals surface area contributed by atoms with Gasteiger partial charge in [0.15, 0.2) is 5.82 Å². The number of amides is 1. The van der Waals surface area contributed by atoms with E-state index >= 15 is 0 Å². The number of anilines is 1. The van der Waals surface area contributed by atoms with E-state index in [1.54, 1.807) is 17.9 Å². The molecular weight excluding hydrogens is 428 g/mol. The number of nitrogens with zero attached hydrogens (tertiary/aromatic N) is 4. The number of carbonyl (C=O) groups is 1. The molecule has 0 radical (unpaired) electrons. The molecule has 0 atom stereocenters. The smallest absolute Gasteiger partial charge is 0.275 e. The van der Waals surface area contributed by atoms with E-state index in [0.29, 0.717) is 40.2 Å². The van der Waals surface area contributed by atoms with Crippen LogP contribution >= 0.6 is 11.8 Å². The highest BCUT2D eigenvalue weighted by Crippen LogP contribution is 2.28. The molecule has 1 amide bonds. The Hall–Kier alpha value is -3.66. The number of hydrogen-bond acceptors (Lipinski definition) is 7. The maximum atomic E-state index is 12.9. The zero-order chi connectivity index (χ0) is 22.8. The highest BCUT2D eigenvalue weighted by molar-refractivity contribution is 7.97. The molecule has 4 rings (SSSR count). The molecule has 0 unspecified atom stereocenters. The molecule has 1 aromatic carbocycles. The SMILES string of the molecule is COc1cccc2c(C)cc(-n3nc(C)cc3NC(=O)c3cc(=O)[nH]c(CSC)n3)nc12. The number of rotatable bonds is 6. The Morgan fingerprint density at radius 2 is 2.03 bits per heavy atom. The number of hydrogen-bond donors (Lipinski definition) is 2. The Morgan fingerprint density at radius 1 is 1.22 bits per heavy atom. The summed E-state index contributed by atoms with van der Waals surface area (Å²) in [5.41, 5.74) is 2.05. The van der Waals surface area contributed by atoms with Gasteiger partial charge in [-0.15, -0.1) is 0 Å². The number of H-pyrrole nitrogens is 1. The van der Waals surface area contributed by atoms with Crippen LogP contribution in [0.2, 0.25) is 0 Å². The molecule has 9 nitrogen and oxygen atoms in total. The first-order valence-electron chi connectivity index (χ1n) is 9.81. The normalized spacial score (nSPS) is 11.0. The second-order valence-corrected chi connectivity index (χ2v) is 8.07. The number of fused-ring (bicyclic) bond motifs is 1. The fourth-order valence-electron chi connectivity index (χ4n) is 3.42. The lowest BCUT2D eigenvalue weighted by molar-refractivity contribution is 0.102. The first kappa shape index (κ1) is 21.6. The molecule has 0 saturated heterocycles. The number of nitrogens with one attached hydrogen (secondary N) is 2.